The molecular weight excluding hydrogens is 326 g/mol. The predicted octanol–water partition coefficient (Wildman–Crippen LogP) is 3.46. The zero-order valence-corrected chi connectivity index (χ0v) is 15.4. The van der Waals surface area contributed by atoms with Gasteiger partial charge < -0.3 is 10.1 Å². The smallest absolute Gasteiger partial charge is 0.265 e. The Morgan fingerprint density at radius 1 is 1.08 bits per heavy atom. The minimum Gasteiger partial charge on any atom is -0.494 e. The van der Waals surface area contributed by atoms with E-state index < -0.39 is 0 Å². The zero-order chi connectivity index (χ0) is 18.4. The van der Waals surface area contributed by atoms with Gasteiger partial charge in [0.05, 0.1) is 23.2 Å². The molecule has 0 saturated carbocycles. The predicted molar refractivity (Wildman–Crippen MR) is 105 cm³/mol. The molecule has 0 saturated heterocycles. The van der Waals surface area contributed by atoms with Gasteiger partial charge in [0.2, 0.25) is 0 Å². The molecule has 0 aliphatic rings. The van der Waals surface area contributed by atoms with Gasteiger partial charge in [-0.05, 0) is 69.3 Å². The number of rotatable bonds is 8. The lowest BCUT2D eigenvalue weighted by molar-refractivity contribution is 0.308. The van der Waals surface area contributed by atoms with Crippen molar-refractivity contribution in [3.05, 3.63) is 64.7 Å². The van der Waals surface area contributed by atoms with E-state index in [-0.39, 0.29) is 5.56 Å². The minimum atomic E-state index is -0.0521. The standard InChI is InChI=1S/C21H25N3O2/c1-3-13-22-14-6-15-26-18-11-9-17(10-12-18)24-16(2)23-20-8-5-4-7-19(20)21(24)25/h4-5,7-12,22H,3,6,13-15H2,1-2H3. The van der Waals surface area contributed by atoms with Gasteiger partial charge in [0.15, 0.2) is 0 Å². The molecule has 1 aromatic heterocycles. The topological polar surface area (TPSA) is 56.1 Å². The average Bonchev–Trinajstić information content (AvgIpc) is 2.66. The van der Waals surface area contributed by atoms with Gasteiger partial charge in [0.1, 0.15) is 11.6 Å². The van der Waals surface area contributed by atoms with E-state index in [4.69, 9.17) is 4.74 Å². The Balaban J connectivity index is 1.73. The summed E-state index contributed by atoms with van der Waals surface area (Å²) < 4.78 is 7.40. The van der Waals surface area contributed by atoms with Crippen molar-refractivity contribution in [2.75, 3.05) is 19.7 Å². The number of nitrogens with zero attached hydrogens (tertiary/aromatic N) is 2. The summed E-state index contributed by atoms with van der Waals surface area (Å²) in [5, 5.41) is 3.98. The van der Waals surface area contributed by atoms with E-state index in [1.165, 1.54) is 0 Å². The van der Waals surface area contributed by atoms with E-state index >= 15 is 0 Å². The van der Waals surface area contributed by atoms with Gasteiger partial charge in [-0.25, -0.2) is 4.98 Å². The summed E-state index contributed by atoms with van der Waals surface area (Å²) in [5.74, 6) is 1.48. The molecule has 0 bridgehead atoms. The molecule has 5 heteroatoms. The number of fused-ring (bicyclic) bond motifs is 1. The minimum absolute atomic E-state index is 0.0521. The largest absolute Gasteiger partial charge is 0.494 e. The molecule has 3 aromatic rings. The number of nitrogens with one attached hydrogen (secondary N) is 1. The van der Waals surface area contributed by atoms with Crippen LogP contribution in [-0.2, 0) is 0 Å². The van der Waals surface area contributed by atoms with Crippen molar-refractivity contribution in [2.24, 2.45) is 0 Å². The number of aromatic nitrogens is 2. The van der Waals surface area contributed by atoms with Gasteiger partial charge in [-0.2, -0.15) is 0 Å². The van der Waals surface area contributed by atoms with Crippen LogP contribution in [0.15, 0.2) is 53.3 Å². The first-order chi connectivity index (χ1) is 12.7. The van der Waals surface area contributed by atoms with Gasteiger partial charge in [-0.3, -0.25) is 9.36 Å². The quantitative estimate of drug-likeness (QED) is 0.632. The molecule has 0 aliphatic carbocycles. The van der Waals surface area contributed by atoms with Gasteiger partial charge in [0.25, 0.3) is 5.56 Å². The highest BCUT2D eigenvalue weighted by molar-refractivity contribution is 5.77. The third-order valence-electron chi connectivity index (χ3n) is 4.23. The highest BCUT2D eigenvalue weighted by atomic mass is 16.5. The fourth-order valence-electron chi connectivity index (χ4n) is 2.93. The van der Waals surface area contributed by atoms with Gasteiger partial charge >= 0.3 is 0 Å². The second kappa shape index (κ2) is 8.63. The van der Waals surface area contributed by atoms with Crippen molar-refractivity contribution in [3.63, 3.8) is 0 Å². The lowest BCUT2D eigenvalue weighted by Gasteiger charge is -2.12. The molecule has 0 amide bonds. The molecule has 26 heavy (non-hydrogen) atoms. The second-order valence-corrected chi connectivity index (χ2v) is 6.26. The van der Waals surface area contributed by atoms with E-state index in [0.717, 1.165) is 42.9 Å². The number of hydrogen-bond donors (Lipinski definition) is 1. The molecule has 1 heterocycles. The summed E-state index contributed by atoms with van der Waals surface area (Å²) in [4.78, 5) is 17.4. The van der Waals surface area contributed by atoms with Gasteiger partial charge in [-0.15, -0.1) is 0 Å². The van der Waals surface area contributed by atoms with Crippen LogP contribution in [0.5, 0.6) is 5.75 Å². The number of benzene rings is 2. The van der Waals surface area contributed by atoms with Crippen LogP contribution >= 0.6 is 0 Å². The molecule has 0 fully saturated rings. The van der Waals surface area contributed by atoms with Crippen molar-refractivity contribution >= 4 is 10.9 Å². The van der Waals surface area contributed by atoms with Crippen LogP contribution in [0.2, 0.25) is 0 Å². The van der Waals surface area contributed by atoms with Crippen molar-refractivity contribution in [3.8, 4) is 11.4 Å². The highest BCUT2D eigenvalue weighted by Gasteiger charge is 2.09. The van der Waals surface area contributed by atoms with Crippen LogP contribution < -0.4 is 15.6 Å². The summed E-state index contributed by atoms with van der Waals surface area (Å²) in [6.45, 7) is 6.68. The molecule has 0 unspecified atom stereocenters. The molecule has 0 atom stereocenters. The van der Waals surface area contributed by atoms with Crippen LogP contribution in [0, 0.1) is 6.92 Å². The Kier molecular flexibility index (Phi) is 6.02. The molecular formula is C21H25N3O2. The highest BCUT2D eigenvalue weighted by Crippen LogP contribution is 2.17. The van der Waals surface area contributed by atoms with Crippen molar-refractivity contribution in [2.45, 2.75) is 26.7 Å². The Hall–Kier alpha value is -2.66. The molecule has 5 nitrogen and oxygen atoms in total. The van der Waals surface area contributed by atoms with Crippen molar-refractivity contribution < 1.29 is 4.74 Å². The molecule has 0 aliphatic heterocycles. The molecule has 2 aromatic carbocycles. The summed E-state index contributed by atoms with van der Waals surface area (Å²) in [5.41, 5.74) is 1.47. The SMILES string of the molecule is CCCNCCCOc1ccc(-n2c(C)nc3ccccc3c2=O)cc1. The fraction of sp³-hybridized carbons (Fsp3) is 0.333. The number of para-hydroxylation sites is 1. The van der Waals surface area contributed by atoms with E-state index in [1.807, 2.05) is 55.5 Å². The van der Waals surface area contributed by atoms with E-state index in [9.17, 15) is 4.79 Å². The average molecular weight is 351 g/mol. The Labute approximate surface area is 153 Å². The zero-order valence-electron chi connectivity index (χ0n) is 15.4. The van der Waals surface area contributed by atoms with Crippen molar-refractivity contribution in [1.29, 1.82) is 0 Å². The number of aryl methyl sites for hydroxylation is 1. The Morgan fingerprint density at radius 2 is 1.85 bits per heavy atom. The van der Waals surface area contributed by atoms with Crippen molar-refractivity contribution in [1.82, 2.24) is 14.9 Å². The molecule has 3 rings (SSSR count). The monoisotopic (exact) mass is 351 g/mol. The first-order valence-electron chi connectivity index (χ1n) is 9.13. The maximum absolute atomic E-state index is 12.8. The Morgan fingerprint density at radius 3 is 2.62 bits per heavy atom. The summed E-state index contributed by atoms with van der Waals surface area (Å²) >= 11 is 0. The molecule has 136 valence electrons. The Bertz CT molecular complexity index is 917. The van der Waals surface area contributed by atoms with E-state index in [0.29, 0.717) is 17.8 Å². The number of ether oxygens (including phenoxy) is 1. The second-order valence-electron chi connectivity index (χ2n) is 6.26. The lowest BCUT2D eigenvalue weighted by Crippen LogP contribution is -2.22. The number of hydrogen-bond acceptors (Lipinski definition) is 4. The molecule has 0 spiro atoms. The maximum Gasteiger partial charge on any atom is 0.265 e. The molecule has 0 radical (unpaired) electrons. The van der Waals surface area contributed by atoms with E-state index in [1.54, 1.807) is 4.57 Å². The van der Waals surface area contributed by atoms with E-state index in [2.05, 4.69) is 17.2 Å². The first kappa shape index (κ1) is 18.1. The fourth-order valence-corrected chi connectivity index (χ4v) is 2.93. The lowest BCUT2D eigenvalue weighted by atomic mass is 10.2. The third kappa shape index (κ3) is 4.11. The first-order valence-corrected chi connectivity index (χ1v) is 9.13. The maximum atomic E-state index is 12.8. The van der Waals surface area contributed by atoms with Crippen LogP contribution in [0.1, 0.15) is 25.6 Å². The van der Waals surface area contributed by atoms with Crippen LogP contribution in [-0.4, -0.2) is 29.2 Å². The normalized spacial score (nSPS) is 11.0. The van der Waals surface area contributed by atoms with Gasteiger partial charge in [0, 0.05) is 0 Å². The van der Waals surface area contributed by atoms with Gasteiger partial charge in [-0.1, -0.05) is 19.1 Å². The summed E-state index contributed by atoms with van der Waals surface area (Å²) in [6, 6.07) is 15.0. The van der Waals surface area contributed by atoms with Crippen LogP contribution in [0.4, 0.5) is 0 Å². The third-order valence-corrected chi connectivity index (χ3v) is 4.23. The summed E-state index contributed by atoms with van der Waals surface area (Å²) in [6.07, 6.45) is 2.11. The molecule has 1 N–H and O–H groups in total. The summed E-state index contributed by atoms with van der Waals surface area (Å²) in [7, 11) is 0. The van der Waals surface area contributed by atoms with Crippen LogP contribution in [0.25, 0.3) is 16.6 Å². The van der Waals surface area contributed by atoms with Crippen LogP contribution in [0.3, 0.4) is 0 Å².